The molecule has 5 rings (SSSR count). The van der Waals surface area contributed by atoms with Gasteiger partial charge in [0.25, 0.3) is 0 Å². The largest absolute Gasteiger partial charge is 0.496 e. The number of rotatable bonds is 14. The number of nitrogens with one attached hydrogen (secondary N) is 2. The van der Waals surface area contributed by atoms with Gasteiger partial charge >= 0.3 is 6.03 Å². The Kier molecular flexibility index (Phi) is 11.8. The van der Waals surface area contributed by atoms with E-state index in [1.807, 2.05) is 89.8 Å². The normalized spacial score (nSPS) is 11.1. The molecule has 0 radical (unpaired) electrons. The number of hydrogen-bond donors (Lipinski definition) is 3. The summed E-state index contributed by atoms with van der Waals surface area (Å²) < 4.78 is 30.1. The predicted molar refractivity (Wildman–Crippen MR) is 186 cm³/mol. The highest BCUT2D eigenvalue weighted by Gasteiger charge is 2.21. The van der Waals surface area contributed by atoms with Crippen LogP contribution < -0.4 is 14.8 Å². The van der Waals surface area contributed by atoms with Crippen LogP contribution in [0.5, 0.6) is 5.75 Å². The van der Waals surface area contributed by atoms with Crippen LogP contribution in [0.4, 0.5) is 9.93 Å². The van der Waals surface area contributed by atoms with Gasteiger partial charge in [-0.2, -0.15) is 0 Å². The molecular formula is C35H35ClN4O4S2. The van der Waals surface area contributed by atoms with Gasteiger partial charge in [0.15, 0.2) is 5.13 Å². The minimum Gasteiger partial charge on any atom is -0.496 e. The Balaban J connectivity index is 1.35. The Morgan fingerprint density at radius 3 is 2.15 bits per heavy atom. The lowest BCUT2D eigenvalue weighted by molar-refractivity contribution is 0.210. The molecule has 2 amide bonds. The first-order valence-corrected chi connectivity index (χ1v) is 17.2. The number of nitrogens with zero attached hydrogens (tertiary/aromatic N) is 2. The highest BCUT2D eigenvalue weighted by Crippen LogP contribution is 2.36. The van der Waals surface area contributed by atoms with Crippen LogP contribution in [0.3, 0.4) is 0 Å². The number of urea groups is 1. The van der Waals surface area contributed by atoms with Crippen molar-refractivity contribution in [2.75, 3.05) is 25.5 Å². The van der Waals surface area contributed by atoms with Crippen molar-refractivity contribution in [2.24, 2.45) is 0 Å². The number of carbonyl (C=O) groups is 1. The second-order valence-electron chi connectivity index (χ2n) is 10.6. The van der Waals surface area contributed by atoms with Crippen molar-refractivity contribution < 1.29 is 17.9 Å². The van der Waals surface area contributed by atoms with Gasteiger partial charge in [0.2, 0.25) is 10.9 Å². The van der Waals surface area contributed by atoms with Crippen LogP contribution in [-0.2, 0) is 23.9 Å². The smallest absolute Gasteiger partial charge is 0.323 e. The van der Waals surface area contributed by atoms with Gasteiger partial charge in [-0.25, -0.2) is 22.9 Å². The molecular weight excluding hydrogens is 640 g/mol. The molecule has 1 heterocycles. The maximum Gasteiger partial charge on any atom is 0.323 e. The lowest BCUT2D eigenvalue weighted by atomic mass is 9.88. The number of thiol groups is 1. The van der Waals surface area contributed by atoms with E-state index in [0.717, 1.165) is 28.9 Å². The number of benzene rings is 4. The van der Waals surface area contributed by atoms with Crippen LogP contribution in [0.15, 0.2) is 109 Å². The van der Waals surface area contributed by atoms with Gasteiger partial charge in [-0.1, -0.05) is 126 Å². The number of carbonyl (C=O) groups excluding carboxylic acids is 1. The van der Waals surface area contributed by atoms with Crippen molar-refractivity contribution in [3.05, 3.63) is 136 Å². The second-order valence-corrected chi connectivity index (χ2v) is 13.0. The van der Waals surface area contributed by atoms with Crippen LogP contribution in [0.2, 0.25) is 4.34 Å². The highest BCUT2D eigenvalue weighted by atomic mass is 35.5. The Hall–Kier alpha value is -4.22. The van der Waals surface area contributed by atoms with Gasteiger partial charge < -0.3 is 9.64 Å². The summed E-state index contributed by atoms with van der Waals surface area (Å²) in [5.74, 6) is 0.895. The number of anilines is 1. The molecule has 2 N–H and O–H groups in total. The van der Waals surface area contributed by atoms with Gasteiger partial charge in [0, 0.05) is 31.1 Å². The van der Waals surface area contributed by atoms with E-state index in [4.69, 9.17) is 16.3 Å². The third kappa shape index (κ3) is 8.95. The van der Waals surface area contributed by atoms with Gasteiger partial charge in [-0.05, 0) is 41.2 Å². The molecule has 11 heteroatoms. The summed E-state index contributed by atoms with van der Waals surface area (Å²) >= 11 is 7.78. The van der Waals surface area contributed by atoms with Crippen molar-refractivity contribution in [1.82, 2.24) is 14.6 Å². The number of hydrogen-bond acceptors (Lipinski definition) is 6. The molecule has 5 aromatic rings. The number of amides is 2. The van der Waals surface area contributed by atoms with Crippen molar-refractivity contribution >= 4 is 45.0 Å². The molecule has 0 fully saturated rings. The van der Waals surface area contributed by atoms with E-state index in [1.165, 1.54) is 22.5 Å². The first-order chi connectivity index (χ1) is 22.4. The quantitative estimate of drug-likeness (QED) is 0.107. The number of methoxy groups -OCH3 is 1. The lowest BCUT2D eigenvalue weighted by Gasteiger charge is -2.26. The fourth-order valence-corrected chi connectivity index (χ4v) is 6.69. The Morgan fingerprint density at radius 2 is 1.52 bits per heavy atom. The van der Waals surface area contributed by atoms with E-state index in [0.29, 0.717) is 34.7 Å². The zero-order chi connectivity index (χ0) is 32.3. The molecule has 1 aromatic heterocycles. The summed E-state index contributed by atoms with van der Waals surface area (Å²) in [7, 11) is -1.02. The lowest BCUT2D eigenvalue weighted by Crippen LogP contribution is -2.38. The number of aromatic nitrogens is 1. The minimum atomic E-state index is -2.67. The van der Waals surface area contributed by atoms with Crippen LogP contribution in [-0.4, -0.2) is 44.5 Å². The van der Waals surface area contributed by atoms with Crippen molar-refractivity contribution in [1.29, 1.82) is 0 Å². The van der Waals surface area contributed by atoms with E-state index >= 15 is 0 Å². The average Bonchev–Trinajstić information content (AvgIpc) is 3.45. The fraction of sp³-hybridized carbons (Fsp3) is 0.200. The zero-order valence-electron chi connectivity index (χ0n) is 25.3. The second kappa shape index (κ2) is 16.4. The standard InChI is InChI=1S/C35H35ClN4O4S2/c1-44-31-15-9-8-14-28(31)20-22-40(23-21-30(26-10-4-2-5-11-26)27-12-6-3-7-13-27)35(41)39-34-38-32(33(36)45-34)29-18-16-25(17-19-29)24-37-46(42)43/h2-19,30,46H,20-24H2,1H3,(H,37,42,43)(H,38,39,41). The van der Waals surface area contributed by atoms with Gasteiger partial charge in [0.1, 0.15) is 15.8 Å². The van der Waals surface area contributed by atoms with E-state index in [2.05, 4.69) is 39.3 Å². The molecule has 8 nitrogen and oxygen atoms in total. The molecule has 238 valence electrons. The van der Waals surface area contributed by atoms with Crippen molar-refractivity contribution in [3.8, 4) is 17.0 Å². The number of ether oxygens (including phenoxy) is 1. The molecule has 0 atom stereocenters. The Labute approximate surface area is 280 Å². The van der Waals surface area contributed by atoms with Gasteiger partial charge in [-0.3, -0.25) is 5.32 Å². The van der Waals surface area contributed by atoms with Crippen LogP contribution in [0, 0.1) is 0 Å². The number of halogens is 1. The maximum absolute atomic E-state index is 13.9. The predicted octanol–water partition coefficient (Wildman–Crippen LogP) is 7.39. The Bertz CT molecular complexity index is 1750. The first kappa shape index (κ1) is 33.2. The summed E-state index contributed by atoms with van der Waals surface area (Å²) in [6.07, 6.45) is 1.34. The topological polar surface area (TPSA) is 101 Å². The van der Waals surface area contributed by atoms with Crippen molar-refractivity contribution in [3.63, 3.8) is 0 Å². The fourth-order valence-electron chi connectivity index (χ4n) is 5.30. The molecule has 0 unspecified atom stereocenters. The minimum absolute atomic E-state index is 0.109. The Morgan fingerprint density at radius 1 is 0.891 bits per heavy atom. The summed E-state index contributed by atoms with van der Waals surface area (Å²) in [5.41, 5.74) is 5.52. The molecule has 0 bridgehead atoms. The summed E-state index contributed by atoms with van der Waals surface area (Å²) in [6.45, 7) is 1.18. The van der Waals surface area contributed by atoms with Crippen LogP contribution in [0.1, 0.15) is 34.6 Å². The van der Waals surface area contributed by atoms with Crippen LogP contribution in [0.25, 0.3) is 11.3 Å². The average molecular weight is 675 g/mol. The number of thiazole rings is 1. The van der Waals surface area contributed by atoms with E-state index in [1.54, 1.807) is 7.11 Å². The van der Waals surface area contributed by atoms with E-state index < -0.39 is 10.9 Å². The van der Waals surface area contributed by atoms with E-state index in [-0.39, 0.29) is 18.5 Å². The summed E-state index contributed by atoms with van der Waals surface area (Å²) in [4.78, 5) is 20.3. The monoisotopic (exact) mass is 674 g/mol. The van der Waals surface area contributed by atoms with Gasteiger partial charge in [0.05, 0.1) is 7.11 Å². The highest BCUT2D eigenvalue weighted by molar-refractivity contribution is 7.70. The molecule has 0 aliphatic carbocycles. The summed E-state index contributed by atoms with van der Waals surface area (Å²) in [6, 6.07) is 35.6. The molecule has 4 aromatic carbocycles. The molecule has 0 saturated heterocycles. The molecule has 46 heavy (non-hydrogen) atoms. The molecule has 0 saturated carbocycles. The van der Waals surface area contributed by atoms with Gasteiger partial charge in [-0.15, -0.1) is 0 Å². The summed E-state index contributed by atoms with van der Waals surface area (Å²) in [5, 5.41) is 3.38. The van der Waals surface area contributed by atoms with E-state index in [9.17, 15) is 13.2 Å². The number of para-hydroxylation sites is 1. The SMILES string of the molecule is COc1ccccc1CCN(CCC(c1ccccc1)c1ccccc1)C(=O)Nc1nc(-c2ccc(CN[SH](=O)=O)cc2)c(Cl)s1. The zero-order valence-corrected chi connectivity index (χ0v) is 27.7. The van der Waals surface area contributed by atoms with Crippen LogP contribution >= 0.6 is 22.9 Å². The molecule has 0 aliphatic heterocycles. The molecule has 0 spiro atoms. The maximum atomic E-state index is 13.9. The third-order valence-corrected chi connectivity index (χ3v) is 9.25. The third-order valence-electron chi connectivity index (χ3n) is 7.66. The van der Waals surface area contributed by atoms with Crippen molar-refractivity contribution in [2.45, 2.75) is 25.3 Å². The first-order valence-electron chi connectivity index (χ1n) is 14.8. The molecule has 0 aliphatic rings.